The number of rotatable bonds is 12. The van der Waals surface area contributed by atoms with Crippen molar-refractivity contribution in [3.05, 3.63) is 35.9 Å². The van der Waals surface area contributed by atoms with E-state index in [1.54, 1.807) is 0 Å². The van der Waals surface area contributed by atoms with E-state index < -0.39 is 9.84 Å². The van der Waals surface area contributed by atoms with Gasteiger partial charge in [-0.3, -0.25) is 4.99 Å². The molecule has 1 aromatic rings. The highest BCUT2D eigenvalue weighted by Gasteiger charge is 2.11. The van der Waals surface area contributed by atoms with Gasteiger partial charge in [-0.15, -0.1) is 0 Å². The normalized spacial score (nSPS) is 12.2. The van der Waals surface area contributed by atoms with Crippen molar-refractivity contribution in [2.75, 3.05) is 38.6 Å². The molecule has 0 aliphatic carbocycles. The quantitative estimate of drug-likeness (QED) is 0.334. The molecule has 0 amide bonds. The van der Waals surface area contributed by atoms with E-state index in [0.717, 1.165) is 44.2 Å². The van der Waals surface area contributed by atoms with Crippen molar-refractivity contribution in [2.24, 2.45) is 4.99 Å². The Morgan fingerprint density at radius 1 is 1.12 bits per heavy atom. The van der Waals surface area contributed by atoms with Crippen LogP contribution in [0, 0.1) is 0 Å². The first-order valence-electron chi connectivity index (χ1n) is 8.91. The van der Waals surface area contributed by atoms with Crippen LogP contribution in [-0.2, 0) is 20.3 Å². The maximum atomic E-state index is 12.1. The summed E-state index contributed by atoms with van der Waals surface area (Å²) in [7, 11) is -3.10. The van der Waals surface area contributed by atoms with E-state index in [2.05, 4.69) is 15.6 Å². The van der Waals surface area contributed by atoms with Crippen molar-refractivity contribution >= 4 is 15.8 Å². The predicted molar refractivity (Wildman–Crippen MR) is 104 cm³/mol. The maximum absolute atomic E-state index is 12.1. The number of aliphatic imine (C=N–C) groups is 1. The first-order chi connectivity index (χ1) is 12.1. The average Bonchev–Trinajstić information content (AvgIpc) is 2.59. The summed E-state index contributed by atoms with van der Waals surface area (Å²) in [6, 6.07) is 9.27. The van der Waals surface area contributed by atoms with Crippen LogP contribution >= 0.6 is 0 Å². The van der Waals surface area contributed by atoms with Gasteiger partial charge in [0, 0.05) is 32.8 Å². The van der Waals surface area contributed by atoms with E-state index >= 15 is 0 Å². The minimum absolute atomic E-state index is 0.0906. The van der Waals surface area contributed by atoms with Crippen LogP contribution < -0.4 is 10.6 Å². The van der Waals surface area contributed by atoms with Crippen molar-refractivity contribution in [3.8, 4) is 0 Å². The maximum Gasteiger partial charge on any atom is 0.191 e. The average molecular weight is 370 g/mol. The Hall–Kier alpha value is -1.60. The molecule has 0 aliphatic heterocycles. The lowest BCUT2D eigenvalue weighted by atomic mass is 10.2. The molecule has 0 spiro atoms. The fourth-order valence-corrected chi connectivity index (χ4v) is 3.66. The largest absolute Gasteiger partial charge is 0.382 e. The van der Waals surface area contributed by atoms with Crippen molar-refractivity contribution in [1.29, 1.82) is 0 Å². The minimum Gasteiger partial charge on any atom is -0.382 e. The zero-order valence-corrected chi connectivity index (χ0v) is 16.1. The summed E-state index contributed by atoms with van der Waals surface area (Å²) in [5.41, 5.74) is 0.829. The van der Waals surface area contributed by atoms with Crippen LogP contribution in [0.5, 0.6) is 0 Å². The Balaban J connectivity index is 2.34. The van der Waals surface area contributed by atoms with E-state index in [4.69, 9.17) is 4.74 Å². The number of nitrogens with one attached hydrogen (secondary N) is 2. The topological polar surface area (TPSA) is 79.8 Å². The van der Waals surface area contributed by atoms with Gasteiger partial charge < -0.3 is 15.4 Å². The molecule has 0 bridgehead atoms. The van der Waals surface area contributed by atoms with Gasteiger partial charge in [-0.05, 0) is 32.3 Å². The lowest BCUT2D eigenvalue weighted by molar-refractivity contribution is 0.145. The highest BCUT2D eigenvalue weighted by molar-refractivity contribution is 7.90. The van der Waals surface area contributed by atoms with E-state index in [0.29, 0.717) is 13.0 Å². The molecule has 0 fully saturated rings. The third-order valence-corrected chi connectivity index (χ3v) is 5.10. The summed E-state index contributed by atoms with van der Waals surface area (Å²) in [4.78, 5) is 4.43. The van der Waals surface area contributed by atoms with Crippen molar-refractivity contribution in [3.63, 3.8) is 0 Å². The van der Waals surface area contributed by atoms with Gasteiger partial charge >= 0.3 is 0 Å². The van der Waals surface area contributed by atoms with Gasteiger partial charge in [-0.1, -0.05) is 30.3 Å². The van der Waals surface area contributed by atoms with Gasteiger partial charge in [0.2, 0.25) is 0 Å². The molecule has 6 nitrogen and oxygen atoms in total. The van der Waals surface area contributed by atoms with Crippen LogP contribution in [0.2, 0.25) is 0 Å². The molecule has 1 aromatic carbocycles. The summed E-state index contributed by atoms with van der Waals surface area (Å²) in [5, 5.41) is 6.39. The van der Waals surface area contributed by atoms with Gasteiger partial charge in [-0.25, -0.2) is 8.42 Å². The highest BCUT2D eigenvalue weighted by Crippen LogP contribution is 2.07. The van der Waals surface area contributed by atoms with E-state index in [9.17, 15) is 8.42 Å². The SMILES string of the molecule is CCNC(=NCCCS(=O)(=O)Cc1ccccc1)NCCCOCC. The zero-order chi connectivity index (χ0) is 18.4. The summed E-state index contributed by atoms with van der Waals surface area (Å²) in [6.45, 7) is 7.45. The van der Waals surface area contributed by atoms with Gasteiger partial charge in [0.15, 0.2) is 15.8 Å². The van der Waals surface area contributed by atoms with Gasteiger partial charge in [0.1, 0.15) is 0 Å². The van der Waals surface area contributed by atoms with Crippen molar-refractivity contribution in [2.45, 2.75) is 32.4 Å². The second-order valence-electron chi connectivity index (χ2n) is 5.67. The van der Waals surface area contributed by atoms with Gasteiger partial charge in [-0.2, -0.15) is 0 Å². The molecule has 7 heteroatoms. The number of hydrogen-bond donors (Lipinski definition) is 2. The molecule has 0 radical (unpaired) electrons. The van der Waals surface area contributed by atoms with Crippen LogP contribution in [0.25, 0.3) is 0 Å². The zero-order valence-electron chi connectivity index (χ0n) is 15.3. The molecule has 25 heavy (non-hydrogen) atoms. The number of nitrogens with zero attached hydrogens (tertiary/aromatic N) is 1. The number of benzene rings is 1. The molecular weight excluding hydrogens is 338 g/mol. The highest BCUT2D eigenvalue weighted by atomic mass is 32.2. The number of hydrogen-bond acceptors (Lipinski definition) is 4. The van der Waals surface area contributed by atoms with Crippen LogP contribution in [-0.4, -0.2) is 53.0 Å². The molecule has 0 aliphatic rings. The van der Waals surface area contributed by atoms with Crippen molar-refractivity contribution in [1.82, 2.24) is 10.6 Å². The molecule has 1 rings (SSSR count). The predicted octanol–water partition coefficient (Wildman–Crippen LogP) is 1.97. The van der Waals surface area contributed by atoms with E-state index in [-0.39, 0.29) is 11.5 Å². The second-order valence-corrected chi connectivity index (χ2v) is 7.85. The fourth-order valence-electron chi connectivity index (χ4n) is 2.24. The molecule has 2 N–H and O–H groups in total. The second kappa shape index (κ2) is 12.7. The summed E-state index contributed by atoms with van der Waals surface area (Å²) >= 11 is 0. The Kier molecular flexibility index (Phi) is 10.9. The molecule has 142 valence electrons. The van der Waals surface area contributed by atoms with E-state index in [1.807, 2.05) is 44.2 Å². The smallest absolute Gasteiger partial charge is 0.191 e. The van der Waals surface area contributed by atoms with Crippen LogP contribution in [0.3, 0.4) is 0 Å². The molecule has 0 unspecified atom stereocenters. The fraction of sp³-hybridized carbons (Fsp3) is 0.611. The van der Waals surface area contributed by atoms with Crippen LogP contribution in [0.4, 0.5) is 0 Å². The minimum atomic E-state index is -3.10. The third-order valence-electron chi connectivity index (χ3n) is 3.42. The van der Waals surface area contributed by atoms with Gasteiger partial charge in [0.25, 0.3) is 0 Å². The molecule has 0 saturated heterocycles. The Morgan fingerprint density at radius 3 is 2.56 bits per heavy atom. The number of ether oxygens (including phenoxy) is 1. The molecule has 0 atom stereocenters. The van der Waals surface area contributed by atoms with Crippen LogP contribution in [0.1, 0.15) is 32.3 Å². The molecule has 0 saturated carbocycles. The lowest BCUT2D eigenvalue weighted by Gasteiger charge is -2.11. The monoisotopic (exact) mass is 369 g/mol. The first kappa shape index (κ1) is 21.4. The number of sulfone groups is 1. The Labute approximate surface area is 152 Å². The van der Waals surface area contributed by atoms with E-state index in [1.165, 1.54) is 0 Å². The molecular formula is C18H31N3O3S. The molecule has 0 heterocycles. The third kappa shape index (κ3) is 10.8. The Morgan fingerprint density at radius 2 is 1.88 bits per heavy atom. The number of guanidine groups is 1. The summed E-state index contributed by atoms with van der Waals surface area (Å²) < 4.78 is 29.6. The van der Waals surface area contributed by atoms with Crippen molar-refractivity contribution < 1.29 is 13.2 Å². The summed E-state index contributed by atoms with van der Waals surface area (Å²) in [5.74, 6) is 0.960. The Bertz CT molecular complexity index is 589. The van der Waals surface area contributed by atoms with Gasteiger partial charge in [0.05, 0.1) is 11.5 Å². The molecule has 0 aromatic heterocycles. The first-order valence-corrected chi connectivity index (χ1v) is 10.7. The summed E-state index contributed by atoms with van der Waals surface area (Å²) in [6.07, 6.45) is 1.42. The van der Waals surface area contributed by atoms with Crippen LogP contribution in [0.15, 0.2) is 35.3 Å². The lowest BCUT2D eigenvalue weighted by Crippen LogP contribution is -2.38. The standard InChI is InChI=1S/C18H31N3O3S/c1-3-19-18(20-12-8-14-24-4-2)21-13-9-15-25(22,23)16-17-10-6-5-7-11-17/h5-7,10-11H,3-4,8-9,12-16H2,1-2H3,(H2,19,20,21).